The quantitative estimate of drug-likeness (QED) is 0.854. The predicted molar refractivity (Wildman–Crippen MR) is 96.2 cm³/mol. The molecule has 1 aliphatic heterocycles. The Bertz CT molecular complexity index is 645. The van der Waals surface area contributed by atoms with Crippen molar-refractivity contribution in [3.63, 3.8) is 0 Å². The summed E-state index contributed by atoms with van der Waals surface area (Å²) >= 11 is 0. The summed E-state index contributed by atoms with van der Waals surface area (Å²) in [5, 5.41) is 10.5. The zero-order valence-electron chi connectivity index (χ0n) is 13.3. The summed E-state index contributed by atoms with van der Waals surface area (Å²) in [6.45, 7) is 1.55. The Morgan fingerprint density at radius 3 is 2.71 bits per heavy atom. The van der Waals surface area contributed by atoms with E-state index in [1.807, 2.05) is 12.3 Å². The van der Waals surface area contributed by atoms with Crippen LogP contribution in [0.15, 0.2) is 36.9 Å². The van der Waals surface area contributed by atoms with Crippen LogP contribution < -0.4 is 15.4 Å². The molecular weight excluding hydrogens is 353 g/mol. The normalized spacial score (nSPS) is 15.5. The molecule has 1 amide bonds. The van der Waals surface area contributed by atoms with E-state index in [0.29, 0.717) is 24.3 Å². The monoisotopic (exact) mass is 373 g/mol. The minimum Gasteiger partial charge on any atom is -0.494 e. The molecule has 0 unspecified atom stereocenters. The van der Waals surface area contributed by atoms with Crippen LogP contribution in [0.5, 0.6) is 5.75 Å². The molecule has 1 saturated heterocycles. The SMILES string of the molecule is COc1ccncc1NC(=O)C1(n2cccn2)CCNCC1.Cl.Cl. The van der Waals surface area contributed by atoms with Crippen LogP contribution in [-0.4, -0.2) is 40.9 Å². The maximum Gasteiger partial charge on any atom is 0.252 e. The van der Waals surface area contributed by atoms with E-state index in [2.05, 4.69) is 20.7 Å². The molecule has 0 saturated carbocycles. The fourth-order valence-corrected chi connectivity index (χ4v) is 2.81. The van der Waals surface area contributed by atoms with Crippen molar-refractivity contribution in [3.8, 4) is 5.75 Å². The number of rotatable bonds is 4. The van der Waals surface area contributed by atoms with Crippen molar-refractivity contribution in [3.05, 3.63) is 36.9 Å². The number of pyridine rings is 1. The van der Waals surface area contributed by atoms with Gasteiger partial charge in [-0.15, -0.1) is 24.8 Å². The van der Waals surface area contributed by atoms with E-state index in [4.69, 9.17) is 4.74 Å². The van der Waals surface area contributed by atoms with Crippen molar-refractivity contribution < 1.29 is 9.53 Å². The molecule has 2 N–H and O–H groups in total. The van der Waals surface area contributed by atoms with Crippen LogP contribution in [0.2, 0.25) is 0 Å². The Morgan fingerprint density at radius 1 is 1.33 bits per heavy atom. The van der Waals surface area contributed by atoms with Gasteiger partial charge in [0, 0.05) is 24.7 Å². The van der Waals surface area contributed by atoms with Crippen molar-refractivity contribution in [1.29, 1.82) is 0 Å². The van der Waals surface area contributed by atoms with Gasteiger partial charge >= 0.3 is 0 Å². The Kier molecular flexibility index (Phi) is 7.47. The summed E-state index contributed by atoms with van der Waals surface area (Å²) in [6.07, 6.45) is 8.12. The molecule has 1 fully saturated rings. The van der Waals surface area contributed by atoms with Crippen LogP contribution in [0.4, 0.5) is 5.69 Å². The average molecular weight is 374 g/mol. The fourth-order valence-electron chi connectivity index (χ4n) is 2.81. The first kappa shape index (κ1) is 20.2. The smallest absolute Gasteiger partial charge is 0.252 e. The molecule has 132 valence electrons. The summed E-state index contributed by atoms with van der Waals surface area (Å²) in [4.78, 5) is 17.0. The van der Waals surface area contributed by atoms with Gasteiger partial charge in [0.05, 0.1) is 13.3 Å². The highest BCUT2D eigenvalue weighted by Crippen LogP contribution is 2.30. The van der Waals surface area contributed by atoms with Gasteiger partial charge in [0.15, 0.2) is 0 Å². The molecule has 0 aliphatic carbocycles. The van der Waals surface area contributed by atoms with E-state index >= 15 is 0 Å². The predicted octanol–water partition coefficient (Wildman–Crippen LogP) is 1.85. The molecule has 0 aromatic carbocycles. The second kappa shape index (κ2) is 8.86. The second-order valence-corrected chi connectivity index (χ2v) is 5.26. The van der Waals surface area contributed by atoms with Gasteiger partial charge in [-0.05, 0) is 32.0 Å². The molecule has 0 atom stereocenters. The number of carbonyl (C=O) groups excluding carboxylic acids is 1. The zero-order valence-corrected chi connectivity index (χ0v) is 14.9. The molecule has 24 heavy (non-hydrogen) atoms. The first-order valence-corrected chi connectivity index (χ1v) is 7.26. The lowest BCUT2D eigenvalue weighted by molar-refractivity contribution is -0.126. The molecule has 3 heterocycles. The lowest BCUT2D eigenvalue weighted by Crippen LogP contribution is -2.52. The molecule has 1 aliphatic rings. The summed E-state index contributed by atoms with van der Waals surface area (Å²) in [5.74, 6) is 0.497. The highest BCUT2D eigenvalue weighted by Gasteiger charge is 2.42. The van der Waals surface area contributed by atoms with Crippen LogP contribution in [-0.2, 0) is 10.3 Å². The number of halogens is 2. The summed E-state index contributed by atoms with van der Waals surface area (Å²) in [6, 6.07) is 3.56. The Labute approximate surface area is 153 Å². The lowest BCUT2D eigenvalue weighted by atomic mass is 9.87. The number of hydrogen-bond donors (Lipinski definition) is 2. The Morgan fingerprint density at radius 2 is 2.08 bits per heavy atom. The van der Waals surface area contributed by atoms with Crippen LogP contribution >= 0.6 is 24.8 Å². The number of carbonyl (C=O) groups is 1. The number of nitrogens with zero attached hydrogens (tertiary/aromatic N) is 3. The number of amides is 1. The number of nitrogens with one attached hydrogen (secondary N) is 2. The van der Waals surface area contributed by atoms with Gasteiger partial charge in [0.2, 0.25) is 0 Å². The topological polar surface area (TPSA) is 81.1 Å². The standard InChI is InChI=1S/C15H19N5O2.2ClH/c1-22-13-3-7-17-11-12(13)19-14(21)15(4-8-16-9-5-15)20-10-2-6-18-20;;/h2-3,6-7,10-11,16H,4-5,8-9H2,1H3,(H,19,21);2*1H. The van der Waals surface area contributed by atoms with E-state index in [0.717, 1.165) is 13.1 Å². The van der Waals surface area contributed by atoms with Gasteiger partial charge in [-0.3, -0.25) is 14.5 Å². The minimum absolute atomic E-state index is 0. The van der Waals surface area contributed by atoms with Gasteiger partial charge in [0.1, 0.15) is 17.0 Å². The number of ether oxygens (including phenoxy) is 1. The minimum atomic E-state index is -0.685. The first-order valence-electron chi connectivity index (χ1n) is 7.26. The largest absolute Gasteiger partial charge is 0.494 e. The van der Waals surface area contributed by atoms with E-state index in [1.165, 1.54) is 0 Å². The van der Waals surface area contributed by atoms with Crippen molar-refractivity contribution in [2.75, 3.05) is 25.5 Å². The molecule has 0 spiro atoms. The molecule has 7 nitrogen and oxygen atoms in total. The lowest BCUT2D eigenvalue weighted by Gasteiger charge is -2.36. The highest BCUT2D eigenvalue weighted by molar-refractivity contribution is 5.97. The Hall–Kier alpha value is -1.83. The van der Waals surface area contributed by atoms with E-state index in [9.17, 15) is 4.79 Å². The summed E-state index contributed by atoms with van der Waals surface area (Å²) < 4.78 is 7.02. The molecular formula is C15H21Cl2N5O2. The molecule has 2 aromatic heterocycles. The van der Waals surface area contributed by atoms with Crippen molar-refractivity contribution in [2.45, 2.75) is 18.4 Å². The number of hydrogen-bond acceptors (Lipinski definition) is 5. The van der Waals surface area contributed by atoms with Gasteiger partial charge in [-0.1, -0.05) is 0 Å². The van der Waals surface area contributed by atoms with Crippen LogP contribution in [0.3, 0.4) is 0 Å². The van der Waals surface area contributed by atoms with Gasteiger partial charge in [-0.2, -0.15) is 5.10 Å². The summed E-state index contributed by atoms with van der Waals surface area (Å²) in [5.41, 5.74) is -0.115. The average Bonchev–Trinajstić information content (AvgIpc) is 3.11. The third kappa shape index (κ3) is 3.80. The van der Waals surface area contributed by atoms with Crippen LogP contribution in [0.25, 0.3) is 0 Å². The molecule has 0 radical (unpaired) electrons. The maximum atomic E-state index is 13.0. The number of anilines is 1. The maximum absolute atomic E-state index is 13.0. The number of piperidine rings is 1. The van der Waals surface area contributed by atoms with Crippen LogP contribution in [0, 0.1) is 0 Å². The first-order chi connectivity index (χ1) is 10.8. The second-order valence-electron chi connectivity index (χ2n) is 5.26. The van der Waals surface area contributed by atoms with Crippen molar-refractivity contribution in [1.82, 2.24) is 20.1 Å². The van der Waals surface area contributed by atoms with E-state index in [-0.39, 0.29) is 30.7 Å². The van der Waals surface area contributed by atoms with Crippen LogP contribution in [0.1, 0.15) is 12.8 Å². The zero-order chi connectivity index (χ0) is 15.4. The van der Waals surface area contributed by atoms with Gasteiger partial charge in [0.25, 0.3) is 5.91 Å². The third-order valence-corrected chi connectivity index (χ3v) is 4.05. The number of aromatic nitrogens is 3. The molecule has 2 aromatic rings. The molecule has 9 heteroatoms. The highest BCUT2D eigenvalue weighted by atomic mass is 35.5. The van der Waals surface area contributed by atoms with E-state index < -0.39 is 5.54 Å². The van der Waals surface area contributed by atoms with Crippen molar-refractivity contribution >= 4 is 36.4 Å². The molecule has 0 bridgehead atoms. The molecule has 3 rings (SSSR count). The third-order valence-electron chi connectivity index (χ3n) is 4.05. The number of methoxy groups -OCH3 is 1. The fraction of sp³-hybridized carbons (Fsp3) is 0.400. The summed E-state index contributed by atoms with van der Waals surface area (Å²) in [7, 11) is 1.57. The van der Waals surface area contributed by atoms with Gasteiger partial charge in [-0.25, -0.2) is 0 Å². The van der Waals surface area contributed by atoms with Gasteiger partial charge < -0.3 is 15.4 Å². The van der Waals surface area contributed by atoms with Crippen molar-refractivity contribution in [2.24, 2.45) is 0 Å². The Balaban J connectivity index is 0.00000144. The van der Waals surface area contributed by atoms with E-state index in [1.54, 1.807) is 36.4 Å².